The van der Waals surface area contributed by atoms with Gasteiger partial charge in [0.2, 0.25) is 0 Å². The van der Waals surface area contributed by atoms with Gasteiger partial charge in [0.05, 0.1) is 17.5 Å². The van der Waals surface area contributed by atoms with E-state index in [-0.39, 0.29) is 17.5 Å². The number of hydrogen-bond acceptors (Lipinski definition) is 3. The number of sulfonamides is 1. The summed E-state index contributed by atoms with van der Waals surface area (Å²) in [6.07, 6.45) is 0. The number of amidine groups is 1. The van der Waals surface area contributed by atoms with Gasteiger partial charge in [0, 0.05) is 5.56 Å². The Hall–Kier alpha value is -3.44. The second kappa shape index (κ2) is 7.67. The third-order valence-corrected chi connectivity index (χ3v) is 7.45. The van der Waals surface area contributed by atoms with Gasteiger partial charge in [-0.2, -0.15) is 0 Å². The minimum atomic E-state index is -3.74. The van der Waals surface area contributed by atoms with Crippen LogP contribution in [0.25, 0.3) is 10.8 Å². The van der Waals surface area contributed by atoms with Crippen molar-refractivity contribution in [2.75, 3.05) is 6.54 Å². The number of aliphatic imine (C=N–C) groups is 1. The molecule has 0 amide bonds. The molecule has 0 N–H and O–H groups in total. The summed E-state index contributed by atoms with van der Waals surface area (Å²) in [7, 11) is -3.74. The zero-order valence-electron chi connectivity index (χ0n) is 17.1. The molecular formula is C26H22N2O2S. The van der Waals surface area contributed by atoms with Gasteiger partial charge in [-0.3, -0.25) is 4.99 Å². The molecule has 31 heavy (non-hydrogen) atoms. The fourth-order valence-electron chi connectivity index (χ4n) is 4.06. The van der Waals surface area contributed by atoms with E-state index in [0.717, 1.165) is 27.5 Å². The van der Waals surface area contributed by atoms with Crippen LogP contribution in [0.1, 0.15) is 22.7 Å². The lowest BCUT2D eigenvalue weighted by Gasteiger charge is -2.21. The summed E-state index contributed by atoms with van der Waals surface area (Å²) >= 11 is 0. The summed E-state index contributed by atoms with van der Waals surface area (Å²) in [6.45, 7) is 2.22. The Morgan fingerprint density at radius 2 is 1.48 bits per heavy atom. The van der Waals surface area contributed by atoms with E-state index in [9.17, 15) is 8.42 Å². The van der Waals surface area contributed by atoms with Crippen molar-refractivity contribution >= 4 is 26.6 Å². The van der Waals surface area contributed by atoms with Crippen molar-refractivity contribution in [1.82, 2.24) is 4.31 Å². The molecule has 5 heteroatoms. The van der Waals surface area contributed by atoms with Gasteiger partial charge in [0.25, 0.3) is 10.0 Å². The average Bonchev–Trinajstić information content (AvgIpc) is 3.26. The quantitative estimate of drug-likeness (QED) is 0.442. The maximum absolute atomic E-state index is 13.6. The number of hydrogen-bond donors (Lipinski definition) is 0. The molecule has 1 aliphatic heterocycles. The van der Waals surface area contributed by atoms with E-state index >= 15 is 0 Å². The van der Waals surface area contributed by atoms with Crippen LogP contribution in [-0.4, -0.2) is 25.1 Å². The predicted octanol–water partition coefficient (Wildman–Crippen LogP) is 5.34. The summed E-state index contributed by atoms with van der Waals surface area (Å²) in [5.41, 5.74) is 2.85. The Morgan fingerprint density at radius 3 is 2.26 bits per heavy atom. The van der Waals surface area contributed by atoms with E-state index in [1.54, 1.807) is 12.1 Å². The van der Waals surface area contributed by atoms with Gasteiger partial charge in [-0.25, -0.2) is 12.7 Å². The Kier molecular flexibility index (Phi) is 4.83. The van der Waals surface area contributed by atoms with Crippen molar-refractivity contribution < 1.29 is 8.42 Å². The van der Waals surface area contributed by atoms with Crippen molar-refractivity contribution in [3.05, 3.63) is 114 Å². The molecule has 1 atom stereocenters. The van der Waals surface area contributed by atoms with Crippen LogP contribution in [-0.2, 0) is 10.0 Å². The maximum atomic E-state index is 13.6. The predicted molar refractivity (Wildman–Crippen MR) is 125 cm³/mol. The fourth-order valence-corrected chi connectivity index (χ4v) is 5.51. The minimum Gasteiger partial charge on any atom is -0.257 e. The third-order valence-electron chi connectivity index (χ3n) is 5.68. The molecule has 4 nitrogen and oxygen atoms in total. The molecule has 0 radical (unpaired) electrons. The number of aryl methyl sites for hydroxylation is 1. The first-order valence-electron chi connectivity index (χ1n) is 10.2. The van der Waals surface area contributed by atoms with Crippen molar-refractivity contribution in [3.8, 4) is 0 Å². The smallest absolute Gasteiger partial charge is 0.257 e. The van der Waals surface area contributed by atoms with Crippen LogP contribution < -0.4 is 0 Å². The highest BCUT2D eigenvalue weighted by molar-refractivity contribution is 7.89. The standard InChI is InChI=1S/C26H22N2O2S/c1-19-14-16-22(17-15-19)31(29,30)28-18-25(27-26(28)21-9-3-2-4-10-21)24-13-7-11-20-8-5-6-12-23(20)24/h2-17,25H,18H2,1H3. The summed E-state index contributed by atoms with van der Waals surface area (Å²) in [5.74, 6) is 0.485. The molecule has 5 rings (SSSR count). The van der Waals surface area contributed by atoms with Crippen LogP contribution in [0.15, 0.2) is 107 Å². The van der Waals surface area contributed by atoms with Crippen molar-refractivity contribution in [3.63, 3.8) is 0 Å². The highest BCUT2D eigenvalue weighted by Gasteiger charge is 2.36. The first-order chi connectivity index (χ1) is 15.0. The lowest BCUT2D eigenvalue weighted by atomic mass is 9.99. The molecule has 4 aromatic carbocycles. The zero-order valence-corrected chi connectivity index (χ0v) is 18.0. The average molecular weight is 427 g/mol. The number of benzene rings is 4. The molecule has 0 fully saturated rings. The lowest BCUT2D eigenvalue weighted by Crippen LogP contribution is -2.35. The Bertz CT molecular complexity index is 1370. The molecule has 0 bridgehead atoms. The topological polar surface area (TPSA) is 49.7 Å². The molecule has 1 heterocycles. The van der Waals surface area contributed by atoms with Crippen LogP contribution >= 0.6 is 0 Å². The Morgan fingerprint density at radius 1 is 0.806 bits per heavy atom. The molecule has 154 valence electrons. The molecule has 0 saturated heterocycles. The SMILES string of the molecule is Cc1ccc(S(=O)(=O)N2CC(c3cccc4ccccc34)N=C2c2ccccc2)cc1. The van der Waals surface area contributed by atoms with E-state index in [2.05, 4.69) is 18.2 Å². The summed E-state index contributed by atoms with van der Waals surface area (Å²) in [6, 6.07) is 30.5. The van der Waals surface area contributed by atoms with Crippen LogP contribution in [0, 0.1) is 6.92 Å². The molecule has 0 spiro atoms. The molecule has 1 unspecified atom stereocenters. The van der Waals surface area contributed by atoms with Crippen molar-refractivity contribution in [2.45, 2.75) is 17.9 Å². The highest BCUT2D eigenvalue weighted by Crippen LogP contribution is 2.35. The molecule has 4 aromatic rings. The molecular weight excluding hydrogens is 404 g/mol. The zero-order chi connectivity index (χ0) is 21.4. The molecule has 0 saturated carbocycles. The van der Waals surface area contributed by atoms with E-state index < -0.39 is 10.0 Å². The van der Waals surface area contributed by atoms with Gasteiger partial charge in [0.15, 0.2) is 0 Å². The second-order valence-corrected chi connectivity index (χ2v) is 9.61. The Labute approximate surface area is 182 Å². The minimum absolute atomic E-state index is 0.272. The van der Waals surface area contributed by atoms with Crippen LogP contribution in [0.5, 0.6) is 0 Å². The molecule has 1 aliphatic rings. The number of rotatable bonds is 4. The normalized spacial score (nSPS) is 16.5. The first kappa shape index (κ1) is 19.5. The van der Waals surface area contributed by atoms with Gasteiger partial charge in [-0.1, -0.05) is 90.5 Å². The first-order valence-corrected chi connectivity index (χ1v) is 11.7. The van der Waals surface area contributed by atoms with E-state index in [1.165, 1.54) is 4.31 Å². The molecule has 0 aromatic heterocycles. The number of nitrogens with zero attached hydrogens (tertiary/aromatic N) is 2. The van der Waals surface area contributed by atoms with Crippen LogP contribution in [0.2, 0.25) is 0 Å². The summed E-state index contributed by atoms with van der Waals surface area (Å²) in [5, 5.41) is 2.22. The largest absolute Gasteiger partial charge is 0.265 e. The Balaban J connectivity index is 1.64. The monoisotopic (exact) mass is 426 g/mol. The lowest BCUT2D eigenvalue weighted by molar-refractivity contribution is 0.521. The highest BCUT2D eigenvalue weighted by atomic mass is 32.2. The maximum Gasteiger partial charge on any atom is 0.265 e. The summed E-state index contributed by atoms with van der Waals surface area (Å²) in [4.78, 5) is 5.21. The third kappa shape index (κ3) is 3.51. The second-order valence-electron chi connectivity index (χ2n) is 7.75. The van der Waals surface area contributed by atoms with Crippen LogP contribution in [0.4, 0.5) is 0 Å². The van der Waals surface area contributed by atoms with Gasteiger partial charge in [-0.15, -0.1) is 0 Å². The van der Waals surface area contributed by atoms with E-state index in [4.69, 9.17) is 4.99 Å². The van der Waals surface area contributed by atoms with Gasteiger partial charge < -0.3 is 0 Å². The van der Waals surface area contributed by atoms with Gasteiger partial charge >= 0.3 is 0 Å². The van der Waals surface area contributed by atoms with E-state index in [1.807, 2.05) is 73.7 Å². The van der Waals surface area contributed by atoms with Crippen molar-refractivity contribution in [2.24, 2.45) is 4.99 Å². The van der Waals surface area contributed by atoms with Gasteiger partial charge in [-0.05, 0) is 35.4 Å². The van der Waals surface area contributed by atoms with Crippen molar-refractivity contribution in [1.29, 1.82) is 0 Å². The number of fused-ring (bicyclic) bond motifs is 1. The van der Waals surface area contributed by atoms with Gasteiger partial charge in [0.1, 0.15) is 5.84 Å². The fraction of sp³-hybridized carbons (Fsp3) is 0.115. The summed E-state index contributed by atoms with van der Waals surface area (Å²) < 4.78 is 28.7. The van der Waals surface area contributed by atoms with E-state index in [0.29, 0.717) is 5.84 Å². The van der Waals surface area contributed by atoms with Crippen LogP contribution in [0.3, 0.4) is 0 Å². The molecule has 0 aliphatic carbocycles.